The largest absolute Gasteiger partial charge is 0.397 e. The van der Waals surface area contributed by atoms with E-state index < -0.39 is 0 Å². The lowest BCUT2D eigenvalue weighted by Crippen LogP contribution is -2.24. The van der Waals surface area contributed by atoms with Crippen LogP contribution in [0.4, 0.5) is 11.4 Å². The topological polar surface area (TPSA) is 84.2 Å². The van der Waals surface area contributed by atoms with Gasteiger partial charge in [-0.15, -0.1) is 0 Å². The molecule has 27 heavy (non-hydrogen) atoms. The van der Waals surface area contributed by atoms with Crippen LogP contribution < -0.4 is 16.4 Å². The summed E-state index contributed by atoms with van der Waals surface area (Å²) in [6.45, 7) is 6.59. The van der Waals surface area contributed by atoms with Crippen molar-refractivity contribution in [2.24, 2.45) is 0 Å². The van der Waals surface area contributed by atoms with Crippen molar-refractivity contribution in [1.29, 1.82) is 0 Å². The summed E-state index contributed by atoms with van der Waals surface area (Å²) in [5.74, 6) is -0.0911. The predicted molar refractivity (Wildman–Crippen MR) is 111 cm³/mol. The Hall–Kier alpha value is -2.82. The van der Waals surface area contributed by atoms with Gasteiger partial charge in [0.15, 0.2) is 0 Å². The second kappa shape index (κ2) is 9.76. The quantitative estimate of drug-likeness (QED) is 0.485. The Labute approximate surface area is 161 Å². The van der Waals surface area contributed by atoms with Crippen LogP contribution in [-0.2, 0) is 4.79 Å². The molecule has 0 heterocycles. The minimum atomic E-state index is -0.0574. The van der Waals surface area contributed by atoms with Crippen LogP contribution in [0.25, 0.3) is 0 Å². The van der Waals surface area contributed by atoms with E-state index in [1.165, 1.54) is 0 Å². The second-order valence-corrected chi connectivity index (χ2v) is 7.00. The molecule has 0 fully saturated rings. The SMILES string of the molecule is Cc1ccc(C(=O)NCCCCCC(=O)Nc2cc(C)c(C)cc2N)cc1. The number of hydrogen-bond donors (Lipinski definition) is 3. The lowest BCUT2D eigenvalue weighted by molar-refractivity contribution is -0.116. The third-order valence-corrected chi connectivity index (χ3v) is 4.62. The second-order valence-electron chi connectivity index (χ2n) is 7.00. The van der Waals surface area contributed by atoms with Gasteiger partial charge in [-0.2, -0.15) is 0 Å². The van der Waals surface area contributed by atoms with Crippen LogP contribution in [0.5, 0.6) is 0 Å². The maximum atomic E-state index is 12.1. The van der Waals surface area contributed by atoms with Crippen LogP contribution in [-0.4, -0.2) is 18.4 Å². The van der Waals surface area contributed by atoms with Crippen molar-refractivity contribution in [3.8, 4) is 0 Å². The monoisotopic (exact) mass is 367 g/mol. The van der Waals surface area contributed by atoms with E-state index in [1.807, 2.05) is 57.2 Å². The molecule has 0 atom stereocenters. The van der Waals surface area contributed by atoms with Gasteiger partial charge >= 0.3 is 0 Å². The van der Waals surface area contributed by atoms with E-state index in [-0.39, 0.29) is 11.8 Å². The molecule has 5 heteroatoms. The van der Waals surface area contributed by atoms with E-state index in [0.29, 0.717) is 29.9 Å². The highest BCUT2D eigenvalue weighted by Crippen LogP contribution is 2.23. The van der Waals surface area contributed by atoms with Gasteiger partial charge in [-0.1, -0.05) is 24.1 Å². The van der Waals surface area contributed by atoms with Gasteiger partial charge in [0.25, 0.3) is 5.91 Å². The molecule has 0 unspecified atom stereocenters. The first-order valence-electron chi connectivity index (χ1n) is 9.38. The molecule has 2 aromatic rings. The zero-order valence-electron chi connectivity index (χ0n) is 16.4. The van der Waals surface area contributed by atoms with Crippen molar-refractivity contribution >= 4 is 23.2 Å². The van der Waals surface area contributed by atoms with Crippen LogP contribution in [0, 0.1) is 20.8 Å². The zero-order chi connectivity index (χ0) is 19.8. The highest BCUT2D eigenvalue weighted by Gasteiger charge is 2.08. The standard InChI is InChI=1S/C22H29N3O2/c1-15-8-10-18(11-9-15)22(27)24-12-6-4-5-7-21(26)25-20-14-17(3)16(2)13-19(20)23/h8-11,13-14H,4-7,12,23H2,1-3H3,(H,24,27)(H,25,26). The number of benzene rings is 2. The first kappa shape index (κ1) is 20.5. The lowest BCUT2D eigenvalue weighted by atomic mass is 10.1. The number of nitrogens with one attached hydrogen (secondary N) is 2. The summed E-state index contributed by atoms with van der Waals surface area (Å²) in [5.41, 5.74) is 11.2. The van der Waals surface area contributed by atoms with Crippen molar-refractivity contribution in [2.75, 3.05) is 17.6 Å². The summed E-state index contributed by atoms with van der Waals surface area (Å²) in [7, 11) is 0. The van der Waals surface area contributed by atoms with Gasteiger partial charge in [0.1, 0.15) is 0 Å². The number of amides is 2. The van der Waals surface area contributed by atoms with E-state index in [2.05, 4.69) is 10.6 Å². The van der Waals surface area contributed by atoms with Gasteiger partial charge < -0.3 is 16.4 Å². The molecule has 0 bridgehead atoms. The lowest BCUT2D eigenvalue weighted by Gasteiger charge is -2.11. The first-order chi connectivity index (χ1) is 12.9. The maximum absolute atomic E-state index is 12.1. The fraction of sp³-hybridized carbons (Fsp3) is 0.364. The van der Waals surface area contributed by atoms with Gasteiger partial charge in [-0.05, 0) is 69.0 Å². The van der Waals surface area contributed by atoms with Crippen LogP contribution >= 0.6 is 0 Å². The minimum absolute atomic E-state index is 0.0337. The Morgan fingerprint density at radius 3 is 2.30 bits per heavy atom. The zero-order valence-corrected chi connectivity index (χ0v) is 16.4. The van der Waals surface area contributed by atoms with Gasteiger partial charge in [0.2, 0.25) is 5.91 Å². The van der Waals surface area contributed by atoms with Crippen LogP contribution in [0.3, 0.4) is 0 Å². The molecule has 0 saturated heterocycles. The first-order valence-corrected chi connectivity index (χ1v) is 9.38. The van der Waals surface area contributed by atoms with Gasteiger partial charge in [0, 0.05) is 18.5 Å². The van der Waals surface area contributed by atoms with E-state index in [9.17, 15) is 9.59 Å². The van der Waals surface area contributed by atoms with Crippen LogP contribution in [0.15, 0.2) is 36.4 Å². The Bertz CT molecular complexity index is 798. The summed E-state index contributed by atoms with van der Waals surface area (Å²) in [6, 6.07) is 11.3. The number of rotatable bonds is 8. The average Bonchev–Trinajstić information content (AvgIpc) is 2.63. The summed E-state index contributed by atoms with van der Waals surface area (Å²) in [5, 5.41) is 5.79. The molecular weight excluding hydrogens is 338 g/mol. The Morgan fingerprint density at radius 2 is 1.59 bits per heavy atom. The van der Waals surface area contributed by atoms with Crippen molar-refractivity contribution in [1.82, 2.24) is 5.32 Å². The fourth-order valence-corrected chi connectivity index (χ4v) is 2.76. The van der Waals surface area contributed by atoms with Crippen molar-refractivity contribution in [2.45, 2.75) is 46.5 Å². The number of anilines is 2. The Morgan fingerprint density at radius 1 is 0.926 bits per heavy atom. The number of unbranched alkanes of at least 4 members (excludes halogenated alkanes) is 2. The smallest absolute Gasteiger partial charge is 0.251 e. The molecule has 0 saturated carbocycles. The molecule has 0 radical (unpaired) electrons. The molecule has 0 aliphatic carbocycles. The number of carbonyl (C=O) groups is 2. The van der Waals surface area contributed by atoms with E-state index in [0.717, 1.165) is 36.0 Å². The molecule has 4 N–H and O–H groups in total. The van der Waals surface area contributed by atoms with Crippen LogP contribution in [0.1, 0.15) is 52.7 Å². The van der Waals surface area contributed by atoms with Crippen molar-refractivity contribution in [3.63, 3.8) is 0 Å². The third-order valence-electron chi connectivity index (χ3n) is 4.62. The molecule has 0 aliphatic heterocycles. The third kappa shape index (κ3) is 6.44. The number of nitrogens with two attached hydrogens (primary N) is 1. The highest BCUT2D eigenvalue weighted by molar-refractivity contribution is 5.94. The Kier molecular flexibility index (Phi) is 7.41. The minimum Gasteiger partial charge on any atom is -0.397 e. The molecule has 2 rings (SSSR count). The maximum Gasteiger partial charge on any atom is 0.251 e. The molecule has 0 aromatic heterocycles. The molecule has 0 spiro atoms. The van der Waals surface area contributed by atoms with Gasteiger partial charge in [-0.3, -0.25) is 9.59 Å². The predicted octanol–water partition coefficient (Wildman–Crippen LogP) is 4.12. The summed E-state index contributed by atoms with van der Waals surface area (Å²) < 4.78 is 0. The molecule has 0 aliphatic rings. The highest BCUT2D eigenvalue weighted by atomic mass is 16.2. The summed E-state index contributed by atoms with van der Waals surface area (Å²) >= 11 is 0. The van der Waals surface area contributed by atoms with Crippen LogP contribution in [0.2, 0.25) is 0 Å². The molecule has 2 aromatic carbocycles. The van der Waals surface area contributed by atoms with Gasteiger partial charge in [0.05, 0.1) is 11.4 Å². The molecule has 144 valence electrons. The van der Waals surface area contributed by atoms with E-state index in [4.69, 9.17) is 5.73 Å². The number of hydrogen-bond acceptors (Lipinski definition) is 3. The molecular formula is C22H29N3O2. The average molecular weight is 367 g/mol. The van der Waals surface area contributed by atoms with E-state index >= 15 is 0 Å². The molecule has 2 amide bonds. The van der Waals surface area contributed by atoms with E-state index in [1.54, 1.807) is 0 Å². The van der Waals surface area contributed by atoms with Crippen molar-refractivity contribution in [3.05, 3.63) is 58.7 Å². The van der Waals surface area contributed by atoms with Crippen molar-refractivity contribution < 1.29 is 9.59 Å². The molecule has 5 nitrogen and oxygen atoms in total. The summed E-state index contributed by atoms with van der Waals surface area (Å²) in [4.78, 5) is 24.1. The normalized spacial score (nSPS) is 10.5. The Balaban J connectivity index is 1.64. The number of aryl methyl sites for hydroxylation is 3. The number of carbonyl (C=O) groups excluding carboxylic acids is 2. The number of nitrogen functional groups attached to an aromatic ring is 1. The van der Waals surface area contributed by atoms with Gasteiger partial charge in [-0.25, -0.2) is 0 Å². The fourth-order valence-electron chi connectivity index (χ4n) is 2.76. The summed E-state index contributed by atoms with van der Waals surface area (Å²) in [6.07, 6.45) is 2.94.